The molecule has 0 atom stereocenters. The van der Waals surface area contributed by atoms with Crippen molar-refractivity contribution in [3.8, 4) is 0 Å². The molecule has 7 heavy (non-hydrogen) atoms. The topological polar surface area (TPSA) is 29.4 Å². The van der Waals surface area contributed by atoms with Crippen molar-refractivity contribution in [2.24, 2.45) is 4.99 Å². The quantitative estimate of drug-likeness (QED) is 0.234. The molecule has 0 aliphatic rings. The molecule has 0 rings (SSSR count). The standard InChI is InChI=1S/C4H5NOS/c6-4-5-2-1-3-7/h3H,1-2H2. The first-order valence-electron chi connectivity index (χ1n) is 1.89. The van der Waals surface area contributed by atoms with E-state index in [-0.39, 0.29) is 0 Å². The van der Waals surface area contributed by atoms with Crippen LogP contribution in [0.4, 0.5) is 0 Å². The maximum atomic E-state index is 9.34. The number of aliphatic imine (C=N–C) groups is 1. The summed E-state index contributed by atoms with van der Waals surface area (Å²) in [6.07, 6.45) is 2.10. The predicted molar refractivity (Wildman–Crippen MR) is 31.3 cm³/mol. The first kappa shape index (κ1) is 6.47. The average molecular weight is 115 g/mol. The van der Waals surface area contributed by atoms with Gasteiger partial charge in [-0.3, -0.25) is 0 Å². The Kier molecular flexibility index (Phi) is 5.06. The van der Waals surface area contributed by atoms with Gasteiger partial charge in [0.05, 0.1) is 6.54 Å². The Labute approximate surface area is 47.2 Å². The lowest BCUT2D eigenvalue weighted by Crippen LogP contribution is -1.76. The minimum atomic E-state index is 0.479. The molecule has 3 heteroatoms. The van der Waals surface area contributed by atoms with Gasteiger partial charge in [-0.15, -0.1) is 0 Å². The second-order valence-corrected chi connectivity index (χ2v) is 1.26. The third-order valence-corrected chi connectivity index (χ3v) is 0.659. The lowest BCUT2D eigenvalue weighted by Gasteiger charge is -1.74. The molecule has 0 radical (unpaired) electrons. The van der Waals surface area contributed by atoms with Gasteiger partial charge in [-0.2, -0.15) is 0 Å². The Morgan fingerprint density at radius 1 is 1.86 bits per heavy atom. The fourth-order valence-corrected chi connectivity index (χ4v) is 0.268. The molecule has 0 saturated heterocycles. The van der Waals surface area contributed by atoms with Crippen LogP contribution in [0.2, 0.25) is 0 Å². The Morgan fingerprint density at radius 2 is 2.57 bits per heavy atom. The molecule has 2 nitrogen and oxygen atoms in total. The lowest BCUT2D eigenvalue weighted by molar-refractivity contribution is 0.563. The molecule has 0 aliphatic carbocycles. The maximum Gasteiger partial charge on any atom is 0.234 e. The van der Waals surface area contributed by atoms with E-state index in [0.29, 0.717) is 13.0 Å². The van der Waals surface area contributed by atoms with Gasteiger partial charge in [0.1, 0.15) is 0 Å². The number of rotatable bonds is 3. The van der Waals surface area contributed by atoms with Crippen molar-refractivity contribution in [2.75, 3.05) is 6.54 Å². The molecule has 0 fully saturated rings. The fourth-order valence-electron chi connectivity index (χ4n) is 0.163. The molecule has 0 bridgehead atoms. The van der Waals surface area contributed by atoms with E-state index in [1.54, 1.807) is 5.37 Å². The molecule has 0 spiro atoms. The van der Waals surface area contributed by atoms with Crippen LogP contribution >= 0.6 is 12.2 Å². The van der Waals surface area contributed by atoms with Crippen LogP contribution in [0.1, 0.15) is 6.42 Å². The van der Waals surface area contributed by atoms with Crippen LogP contribution in [0.5, 0.6) is 0 Å². The van der Waals surface area contributed by atoms with Crippen LogP contribution in [0.15, 0.2) is 4.99 Å². The number of hydrogen-bond donors (Lipinski definition) is 0. The van der Waals surface area contributed by atoms with Crippen molar-refractivity contribution >= 4 is 23.7 Å². The molecule has 0 saturated carbocycles. The first-order valence-corrected chi connectivity index (χ1v) is 2.36. The summed E-state index contributed by atoms with van der Waals surface area (Å²) in [7, 11) is 0. The van der Waals surface area contributed by atoms with Crippen molar-refractivity contribution < 1.29 is 4.79 Å². The van der Waals surface area contributed by atoms with Gasteiger partial charge in [-0.25, -0.2) is 9.79 Å². The summed E-state index contributed by atoms with van der Waals surface area (Å²) in [4.78, 5) is 12.6. The van der Waals surface area contributed by atoms with Gasteiger partial charge in [0, 0.05) is 0 Å². The van der Waals surface area contributed by atoms with Crippen molar-refractivity contribution in [1.29, 1.82) is 0 Å². The van der Waals surface area contributed by atoms with Crippen molar-refractivity contribution in [2.45, 2.75) is 6.42 Å². The normalized spacial score (nSPS) is 6.86. The molecule has 0 amide bonds. The fraction of sp³-hybridized carbons (Fsp3) is 0.500. The van der Waals surface area contributed by atoms with Crippen LogP contribution in [0.25, 0.3) is 0 Å². The highest BCUT2D eigenvalue weighted by Gasteiger charge is 1.71. The predicted octanol–water partition coefficient (Wildman–Crippen LogP) is 0.712. The van der Waals surface area contributed by atoms with Gasteiger partial charge in [-0.05, 0) is 11.8 Å². The zero-order chi connectivity index (χ0) is 5.54. The number of carbonyl (C=O) groups excluding carboxylic acids is 1. The summed E-state index contributed by atoms with van der Waals surface area (Å²) >= 11 is 4.45. The molecule has 0 aromatic carbocycles. The third kappa shape index (κ3) is 5.47. The van der Waals surface area contributed by atoms with Crippen LogP contribution < -0.4 is 0 Å². The Balaban J connectivity index is 2.97. The van der Waals surface area contributed by atoms with Gasteiger partial charge in [0.2, 0.25) is 6.08 Å². The van der Waals surface area contributed by atoms with Crippen LogP contribution in [-0.2, 0) is 4.79 Å². The molecular formula is C4H5NOS. The minimum Gasteiger partial charge on any atom is -0.211 e. The molecular weight excluding hydrogens is 110 g/mol. The highest BCUT2D eigenvalue weighted by Crippen LogP contribution is 1.71. The Morgan fingerprint density at radius 3 is 3.00 bits per heavy atom. The van der Waals surface area contributed by atoms with E-state index in [2.05, 4.69) is 17.2 Å². The Hall–Kier alpha value is -0.530. The smallest absolute Gasteiger partial charge is 0.211 e. The van der Waals surface area contributed by atoms with E-state index in [1.165, 1.54) is 6.08 Å². The summed E-state index contributed by atoms with van der Waals surface area (Å²) < 4.78 is 0. The zero-order valence-corrected chi connectivity index (χ0v) is 4.57. The number of isocyanates is 1. The van der Waals surface area contributed by atoms with Crippen LogP contribution in [0, 0.1) is 0 Å². The van der Waals surface area contributed by atoms with E-state index in [1.807, 2.05) is 0 Å². The van der Waals surface area contributed by atoms with Gasteiger partial charge in [-0.1, -0.05) is 12.2 Å². The Bertz CT molecular complexity index is 95.9. The molecule has 0 aliphatic heterocycles. The van der Waals surface area contributed by atoms with Gasteiger partial charge in [0.15, 0.2) is 0 Å². The van der Waals surface area contributed by atoms with Crippen molar-refractivity contribution in [3.05, 3.63) is 0 Å². The maximum absolute atomic E-state index is 9.34. The molecule has 0 aromatic rings. The number of thiocarbonyl (C=S) groups is 1. The van der Waals surface area contributed by atoms with Crippen LogP contribution in [0.3, 0.4) is 0 Å². The summed E-state index contributed by atoms with van der Waals surface area (Å²) in [6, 6.07) is 0. The van der Waals surface area contributed by atoms with Gasteiger partial charge in [0.25, 0.3) is 0 Å². The molecule has 0 heterocycles. The largest absolute Gasteiger partial charge is 0.234 e. The highest BCUT2D eigenvalue weighted by molar-refractivity contribution is 7.78. The van der Waals surface area contributed by atoms with Crippen molar-refractivity contribution in [3.63, 3.8) is 0 Å². The number of nitrogens with zero attached hydrogens (tertiary/aromatic N) is 1. The average Bonchev–Trinajstić information content (AvgIpc) is 1.69. The zero-order valence-electron chi connectivity index (χ0n) is 3.76. The summed E-state index contributed by atoms with van der Waals surface area (Å²) in [6.45, 7) is 0.479. The highest BCUT2D eigenvalue weighted by atomic mass is 32.1. The van der Waals surface area contributed by atoms with E-state index in [9.17, 15) is 4.79 Å². The van der Waals surface area contributed by atoms with Gasteiger partial charge >= 0.3 is 0 Å². The first-order chi connectivity index (χ1) is 3.41. The third-order valence-electron chi connectivity index (χ3n) is 0.423. The monoisotopic (exact) mass is 115 g/mol. The molecule has 0 aromatic heterocycles. The van der Waals surface area contributed by atoms with E-state index in [0.717, 1.165) is 0 Å². The molecule has 38 valence electrons. The van der Waals surface area contributed by atoms with E-state index < -0.39 is 0 Å². The van der Waals surface area contributed by atoms with Crippen molar-refractivity contribution in [1.82, 2.24) is 0 Å². The lowest BCUT2D eigenvalue weighted by atomic mass is 10.5. The number of hydrogen-bond acceptors (Lipinski definition) is 3. The van der Waals surface area contributed by atoms with E-state index >= 15 is 0 Å². The van der Waals surface area contributed by atoms with Crippen LogP contribution in [-0.4, -0.2) is 18.0 Å². The summed E-state index contributed by atoms with van der Waals surface area (Å²) in [5, 5.41) is 1.54. The van der Waals surface area contributed by atoms with Gasteiger partial charge < -0.3 is 0 Å². The molecule has 0 unspecified atom stereocenters. The second kappa shape index (κ2) is 5.47. The molecule has 0 N–H and O–H groups in total. The minimum absolute atomic E-state index is 0.479. The SMILES string of the molecule is O=C=NCCC=S. The second-order valence-electron chi connectivity index (χ2n) is 0.928. The summed E-state index contributed by atoms with van der Waals surface area (Å²) in [5.74, 6) is 0. The summed E-state index contributed by atoms with van der Waals surface area (Å²) in [5.41, 5.74) is 0. The van der Waals surface area contributed by atoms with E-state index in [4.69, 9.17) is 0 Å².